The second-order valence-electron chi connectivity index (χ2n) is 5.70. The summed E-state index contributed by atoms with van der Waals surface area (Å²) in [5.74, 6) is 0.452. The molecule has 3 aromatic rings. The molecule has 3 rings (SSSR count). The standard InChI is InChI=1S/C21H17BrN2O2S/c1-26-19-12-11-17(13-18(19)22)23-21(27)24-20(25)16-9-7-15(8-10-16)14-5-3-2-4-6-14/h2-13H,1H3,(H2,23,24,25,27). The average molecular weight is 441 g/mol. The van der Waals surface area contributed by atoms with Crippen molar-refractivity contribution >= 4 is 44.9 Å². The molecule has 0 saturated heterocycles. The Hall–Kier alpha value is -2.70. The SMILES string of the molecule is COc1ccc(NC(=S)NC(=O)c2ccc(-c3ccccc3)cc2)cc1Br. The van der Waals surface area contributed by atoms with Gasteiger partial charge in [-0.3, -0.25) is 10.1 Å². The number of halogens is 1. The summed E-state index contributed by atoms with van der Waals surface area (Å²) < 4.78 is 5.98. The van der Waals surface area contributed by atoms with Crippen LogP contribution in [0.15, 0.2) is 77.3 Å². The number of ether oxygens (including phenoxy) is 1. The van der Waals surface area contributed by atoms with Crippen LogP contribution in [0.5, 0.6) is 5.75 Å². The Labute approximate surface area is 171 Å². The highest BCUT2D eigenvalue weighted by atomic mass is 79.9. The molecule has 0 bridgehead atoms. The summed E-state index contributed by atoms with van der Waals surface area (Å²) in [6, 6.07) is 22.8. The highest BCUT2D eigenvalue weighted by Crippen LogP contribution is 2.27. The number of thiocarbonyl (C=S) groups is 1. The van der Waals surface area contributed by atoms with Crippen LogP contribution in [0.25, 0.3) is 11.1 Å². The summed E-state index contributed by atoms with van der Waals surface area (Å²) >= 11 is 8.64. The first-order chi connectivity index (χ1) is 13.1. The van der Waals surface area contributed by atoms with Gasteiger partial charge in [0, 0.05) is 11.3 Å². The molecule has 0 radical (unpaired) electrons. The molecule has 0 unspecified atom stereocenters. The van der Waals surface area contributed by atoms with Gasteiger partial charge in [0.2, 0.25) is 0 Å². The predicted molar refractivity (Wildman–Crippen MR) is 116 cm³/mol. The summed E-state index contributed by atoms with van der Waals surface area (Å²) in [6.45, 7) is 0. The van der Waals surface area contributed by atoms with Crippen LogP contribution in [0, 0.1) is 0 Å². The van der Waals surface area contributed by atoms with Gasteiger partial charge in [0.05, 0.1) is 11.6 Å². The molecule has 136 valence electrons. The van der Waals surface area contributed by atoms with E-state index in [-0.39, 0.29) is 11.0 Å². The van der Waals surface area contributed by atoms with Crippen molar-refractivity contribution in [1.82, 2.24) is 5.32 Å². The van der Waals surface area contributed by atoms with Crippen molar-refractivity contribution in [2.45, 2.75) is 0 Å². The van der Waals surface area contributed by atoms with Gasteiger partial charge in [-0.15, -0.1) is 0 Å². The molecule has 0 aliphatic rings. The van der Waals surface area contributed by atoms with Crippen molar-refractivity contribution in [2.75, 3.05) is 12.4 Å². The second kappa shape index (κ2) is 8.79. The molecule has 4 nitrogen and oxygen atoms in total. The molecule has 0 heterocycles. The molecule has 0 spiro atoms. The Kier molecular flexibility index (Phi) is 6.21. The largest absolute Gasteiger partial charge is 0.496 e. The molecule has 0 aliphatic carbocycles. The van der Waals surface area contributed by atoms with Crippen molar-refractivity contribution in [2.24, 2.45) is 0 Å². The summed E-state index contributed by atoms with van der Waals surface area (Å²) in [5, 5.41) is 5.90. The van der Waals surface area contributed by atoms with Gasteiger partial charge in [-0.25, -0.2) is 0 Å². The third-order valence-corrected chi connectivity index (χ3v) is 4.71. The molecule has 1 amide bonds. The van der Waals surface area contributed by atoms with Crippen LogP contribution in [-0.2, 0) is 0 Å². The van der Waals surface area contributed by atoms with Crippen LogP contribution in [-0.4, -0.2) is 18.1 Å². The smallest absolute Gasteiger partial charge is 0.257 e. The Balaban J connectivity index is 1.63. The van der Waals surface area contributed by atoms with E-state index in [1.54, 1.807) is 25.3 Å². The number of amides is 1. The Morgan fingerprint density at radius 3 is 2.26 bits per heavy atom. The number of carbonyl (C=O) groups is 1. The van der Waals surface area contributed by atoms with E-state index in [1.807, 2.05) is 54.6 Å². The zero-order valence-corrected chi connectivity index (χ0v) is 16.9. The summed E-state index contributed by atoms with van der Waals surface area (Å²) in [6.07, 6.45) is 0. The highest BCUT2D eigenvalue weighted by Gasteiger charge is 2.09. The first-order valence-corrected chi connectivity index (χ1v) is 9.38. The first-order valence-electron chi connectivity index (χ1n) is 8.18. The van der Waals surface area contributed by atoms with Gasteiger partial charge in [-0.2, -0.15) is 0 Å². The van der Waals surface area contributed by atoms with Gasteiger partial charge in [-0.05, 0) is 69.6 Å². The molecular formula is C21H17BrN2O2S. The molecule has 0 aromatic heterocycles. The lowest BCUT2D eigenvalue weighted by atomic mass is 10.0. The van der Waals surface area contributed by atoms with Crippen molar-refractivity contribution in [3.8, 4) is 16.9 Å². The predicted octanol–water partition coefficient (Wildman–Crippen LogP) is 5.25. The lowest BCUT2D eigenvalue weighted by Crippen LogP contribution is -2.34. The Morgan fingerprint density at radius 1 is 0.963 bits per heavy atom. The number of benzene rings is 3. The number of rotatable bonds is 4. The fraction of sp³-hybridized carbons (Fsp3) is 0.0476. The number of hydrogen-bond acceptors (Lipinski definition) is 3. The number of anilines is 1. The normalized spacial score (nSPS) is 10.1. The first kappa shape index (κ1) is 19.1. The van der Waals surface area contributed by atoms with E-state index >= 15 is 0 Å². The van der Waals surface area contributed by atoms with E-state index in [1.165, 1.54) is 0 Å². The molecule has 0 saturated carbocycles. The van der Waals surface area contributed by atoms with Gasteiger partial charge >= 0.3 is 0 Å². The quantitative estimate of drug-likeness (QED) is 0.543. The number of carbonyl (C=O) groups excluding carboxylic acids is 1. The minimum absolute atomic E-state index is 0.226. The third kappa shape index (κ3) is 4.93. The van der Waals surface area contributed by atoms with Crippen molar-refractivity contribution in [3.63, 3.8) is 0 Å². The van der Waals surface area contributed by atoms with E-state index in [0.717, 1.165) is 21.3 Å². The van der Waals surface area contributed by atoms with E-state index in [4.69, 9.17) is 17.0 Å². The molecule has 0 fully saturated rings. The lowest BCUT2D eigenvalue weighted by molar-refractivity contribution is 0.0978. The zero-order valence-electron chi connectivity index (χ0n) is 14.5. The van der Waals surface area contributed by atoms with Crippen LogP contribution in [0.1, 0.15) is 10.4 Å². The van der Waals surface area contributed by atoms with Crippen LogP contribution in [0.4, 0.5) is 5.69 Å². The maximum absolute atomic E-state index is 12.4. The molecule has 0 aliphatic heterocycles. The fourth-order valence-corrected chi connectivity index (χ4v) is 3.28. The lowest BCUT2D eigenvalue weighted by Gasteiger charge is -2.11. The average Bonchev–Trinajstić information content (AvgIpc) is 2.69. The minimum atomic E-state index is -0.264. The number of nitrogens with one attached hydrogen (secondary N) is 2. The third-order valence-electron chi connectivity index (χ3n) is 3.89. The van der Waals surface area contributed by atoms with E-state index in [2.05, 4.69) is 26.6 Å². The topological polar surface area (TPSA) is 50.4 Å². The summed E-state index contributed by atoms with van der Waals surface area (Å²) in [7, 11) is 1.60. The van der Waals surface area contributed by atoms with Crippen LogP contribution in [0.2, 0.25) is 0 Å². The van der Waals surface area contributed by atoms with Crippen LogP contribution < -0.4 is 15.4 Å². The minimum Gasteiger partial charge on any atom is -0.496 e. The molecule has 0 atom stereocenters. The van der Waals surface area contributed by atoms with Crippen molar-refractivity contribution in [3.05, 3.63) is 82.8 Å². The Bertz CT molecular complexity index is 960. The number of hydrogen-bond donors (Lipinski definition) is 2. The monoisotopic (exact) mass is 440 g/mol. The molecule has 2 N–H and O–H groups in total. The molecule has 27 heavy (non-hydrogen) atoms. The summed E-state index contributed by atoms with van der Waals surface area (Å²) in [5.41, 5.74) is 3.44. The van der Waals surface area contributed by atoms with E-state index in [0.29, 0.717) is 11.3 Å². The van der Waals surface area contributed by atoms with E-state index < -0.39 is 0 Å². The molecule has 3 aromatic carbocycles. The van der Waals surface area contributed by atoms with Crippen molar-refractivity contribution < 1.29 is 9.53 Å². The maximum Gasteiger partial charge on any atom is 0.257 e. The van der Waals surface area contributed by atoms with Gasteiger partial charge in [0.25, 0.3) is 5.91 Å². The number of methoxy groups -OCH3 is 1. The van der Waals surface area contributed by atoms with Crippen LogP contribution in [0.3, 0.4) is 0 Å². The van der Waals surface area contributed by atoms with Gasteiger partial charge < -0.3 is 10.1 Å². The second-order valence-corrected chi connectivity index (χ2v) is 6.96. The van der Waals surface area contributed by atoms with Crippen molar-refractivity contribution in [1.29, 1.82) is 0 Å². The fourth-order valence-electron chi connectivity index (χ4n) is 2.53. The zero-order chi connectivity index (χ0) is 19.2. The molecule has 6 heteroatoms. The maximum atomic E-state index is 12.4. The van der Waals surface area contributed by atoms with E-state index in [9.17, 15) is 4.79 Å². The Morgan fingerprint density at radius 2 is 1.63 bits per heavy atom. The van der Waals surface area contributed by atoms with Crippen LogP contribution >= 0.6 is 28.1 Å². The van der Waals surface area contributed by atoms with Gasteiger partial charge in [-0.1, -0.05) is 42.5 Å². The van der Waals surface area contributed by atoms with Gasteiger partial charge in [0.1, 0.15) is 5.75 Å². The molecular weight excluding hydrogens is 424 g/mol. The van der Waals surface area contributed by atoms with Gasteiger partial charge in [0.15, 0.2) is 5.11 Å². The summed E-state index contributed by atoms with van der Waals surface area (Å²) in [4.78, 5) is 12.4. The highest BCUT2D eigenvalue weighted by molar-refractivity contribution is 9.10.